The summed E-state index contributed by atoms with van der Waals surface area (Å²) in [5.41, 5.74) is 6.76. The van der Waals surface area contributed by atoms with Gasteiger partial charge in [0.1, 0.15) is 0 Å². The molecule has 1 rings (SSSR count). The van der Waals surface area contributed by atoms with Gasteiger partial charge in [0, 0.05) is 12.1 Å². The molecule has 1 aliphatic carbocycles. The molecule has 17 heavy (non-hydrogen) atoms. The molecule has 0 aromatic heterocycles. The lowest BCUT2D eigenvalue weighted by Crippen LogP contribution is -2.54. The van der Waals surface area contributed by atoms with Crippen molar-refractivity contribution in [2.45, 2.75) is 71.8 Å². The molecule has 1 aliphatic rings. The highest BCUT2D eigenvalue weighted by molar-refractivity contribution is 4.96. The van der Waals surface area contributed by atoms with Crippen molar-refractivity contribution in [2.24, 2.45) is 17.1 Å². The minimum Gasteiger partial charge on any atom is -0.329 e. The SMILES string of the molecule is CCCNC1(CN)CCC(C(C)(C)CC)CC1. The third-order valence-corrected chi connectivity index (χ3v) is 5.10. The summed E-state index contributed by atoms with van der Waals surface area (Å²) in [5, 5.41) is 3.70. The van der Waals surface area contributed by atoms with E-state index in [9.17, 15) is 0 Å². The molecule has 2 nitrogen and oxygen atoms in total. The Morgan fingerprint density at radius 2 is 1.82 bits per heavy atom. The highest BCUT2D eigenvalue weighted by atomic mass is 15.0. The van der Waals surface area contributed by atoms with E-state index in [4.69, 9.17) is 5.73 Å². The van der Waals surface area contributed by atoms with E-state index in [2.05, 4.69) is 33.0 Å². The summed E-state index contributed by atoms with van der Waals surface area (Å²) in [5.74, 6) is 0.885. The van der Waals surface area contributed by atoms with Gasteiger partial charge in [-0.2, -0.15) is 0 Å². The second-order valence-electron chi connectivity index (χ2n) is 6.53. The molecule has 0 saturated heterocycles. The van der Waals surface area contributed by atoms with Gasteiger partial charge in [-0.05, 0) is 50.0 Å². The molecule has 0 amide bonds. The van der Waals surface area contributed by atoms with Gasteiger partial charge in [0.25, 0.3) is 0 Å². The lowest BCUT2D eigenvalue weighted by Gasteiger charge is -2.45. The van der Waals surface area contributed by atoms with Gasteiger partial charge < -0.3 is 11.1 Å². The molecule has 0 atom stereocenters. The van der Waals surface area contributed by atoms with Crippen molar-refractivity contribution in [3.05, 3.63) is 0 Å². The average Bonchev–Trinajstić information content (AvgIpc) is 2.37. The molecule has 0 bridgehead atoms. The van der Waals surface area contributed by atoms with E-state index in [0.29, 0.717) is 5.41 Å². The number of hydrogen-bond donors (Lipinski definition) is 2. The van der Waals surface area contributed by atoms with Crippen LogP contribution in [0.3, 0.4) is 0 Å². The molecule has 0 aromatic rings. The molecular formula is C15H32N2. The zero-order valence-corrected chi connectivity index (χ0v) is 12.3. The lowest BCUT2D eigenvalue weighted by atomic mass is 9.65. The molecule has 0 radical (unpaired) electrons. The summed E-state index contributed by atoms with van der Waals surface area (Å²) < 4.78 is 0. The zero-order valence-electron chi connectivity index (χ0n) is 12.3. The van der Waals surface area contributed by atoms with Gasteiger partial charge >= 0.3 is 0 Å². The van der Waals surface area contributed by atoms with Crippen molar-refractivity contribution in [3.8, 4) is 0 Å². The molecule has 3 N–H and O–H groups in total. The van der Waals surface area contributed by atoms with Gasteiger partial charge in [-0.25, -0.2) is 0 Å². The summed E-state index contributed by atoms with van der Waals surface area (Å²) >= 11 is 0. The van der Waals surface area contributed by atoms with Gasteiger partial charge in [-0.15, -0.1) is 0 Å². The van der Waals surface area contributed by atoms with Gasteiger partial charge in [-0.3, -0.25) is 0 Å². The fraction of sp³-hybridized carbons (Fsp3) is 1.00. The van der Waals surface area contributed by atoms with Crippen LogP contribution in [0.4, 0.5) is 0 Å². The summed E-state index contributed by atoms with van der Waals surface area (Å²) in [7, 11) is 0. The van der Waals surface area contributed by atoms with Gasteiger partial charge in [-0.1, -0.05) is 34.1 Å². The Hall–Kier alpha value is -0.0800. The molecule has 0 aromatic carbocycles. The van der Waals surface area contributed by atoms with Crippen LogP contribution < -0.4 is 11.1 Å². The zero-order chi connectivity index (χ0) is 12.9. The van der Waals surface area contributed by atoms with Crippen molar-refractivity contribution >= 4 is 0 Å². The fourth-order valence-electron chi connectivity index (χ4n) is 3.08. The van der Waals surface area contributed by atoms with Crippen molar-refractivity contribution in [3.63, 3.8) is 0 Å². The molecular weight excluding hydrogens is 208 g/mol. The second kappa shape index (κ2) is 6.19. The van der Waals surface area contributed by atoms with Crippen LogP contribution >= 0.6 is 0 Å². The van der Waals surface area contributed by atoms with Crippen molar-refractivity contribution in [1.29, 1.82) is 0 Å². The highest BCUT2D eigenvalue weighted by Gasteiger charge is 2.38. The average molecular weight is 240 g/mol. The number of nitrogens with one attached hydrogen (secondary N) is 1. The van der Waals surface area contributed by atoms with E-state index in [0.717, 1.165) is 19.0 Å². The van der Waals surface area contributed by atoms with Crippen molar-refractivity contribution < 1.29 is 0 Å². The summed E-state index contributed by atoms with van der Waals surface area (Å²) in [6, 6.07) is 0. The molecule has 1 fully saturated rings. The van der Waals surface area contributed by atoms with Gasteiger partial charge in [0.15, 0.2) is 0 Å². The molecule has 1 saturated carbocycles. The Balaban J connectivity index is 2.53. The number of rotatable bonds is 6. The third-order valence-electron chi connectivity index (χ3n) is 5.10. The first-order valence-corrected chi connectivity index (χ1v) is 7.45. The molecule has 0 spiro atoms. The van der Waals surface area contributed by atoms with Gasteiger partial charge in [0.05, 0.1) is 0 Å². The van der Waals surface area contributed by atoms with Crippen LogP contribution in [0.25, 0.3) is 0 Å². The monoisotopic (exact) mass is 240 g/mol. The van der Waals surface area contributed by atoms with E-state index >= 15 is 0 Å². The first kappa shape index (κ1) is 15.0. The maximum Gasteiger partial charge on any atom is 0.0304 e. The summed E-state index contributed by atoms with van der Waals surface area (Å²) in [6.45, 7) is 11.3. The molecule has 0 heterocycles. The van der Waals surface area contributed by atoms with Crippen molar-refractivity contribution in [1.82, 2.24) is 5.32 Å². The first-order chi connectivity index (χ1) is 7.99. The minimum atomic E-state index is 0.246. The van der Waals surface area contributed by atoms with Gasteiger partial charge in [0.2, 0.25) is 0 Å². The van der Waals surface area contributed by atoms with Crippen LogP contribution in [-0.4, -0.2) is 18.6 Å². The number of nitrogens with two attached hydrogens (primary N) is 1. The number of hydrogen-bond acceptors (Lipinski definition) is 2. The Labute approximate surface area is 108 Å². The Morgan fingerprint density at radius 1 is 1.24 bits per heavy atom. The van der Waals surface area contributed by atoms with E-state index in [-0.39, 0.29) is 5.54 Å². The summed E-state index contributed by atoms with van der Waals surface area (Å²) in [4.78, 5) is 0. The van der Waals surface area contributed by atoms with E-state index in [1.165, 1.54) is 38.5 Å². The third kappa shape index (κ3) is 3.69. The van der Waals surface area contributed by atoms with Crippen LogP contribution in [0.15, 0.2) is 0 Å². The lowest BCUT2D eigenvalue weighted by molar-refractivity contribution is 0.102. The quantitative estimate of drug-likeness (QED) is 0.747. The molecule has 2 heteroatoms. The predicted molar refractivity (Wildman–Crippen MR) is 76.1 cm³/mol. The molecule has 102 valence electrons. The van der Waals surface area contributed by atoms with Crippen LogP contribution in [-0.2, 0) is 0 Å². The van der Waals surface area contributed by atoms with E-state index < -0.39 is 0 Å². The molecule has 0 unspecified atom stereocenters. The first-order valence-electron chi connectivity index (χ1n) is 7.45. The normalized spacial score (nSPS) is 30.5. The van der Waals surface area contributed by atoms with Crippen LogP contribution in [0.5, 0.6) is 0 Å². The van der Waals surface area contributed by atoms with Crippen LogP contribution in [0.2, 0.25) is 0 Å². The largest absolute Gasteiger partial charge is 0.329 e. The van der Waals surface area contributed by atoms with Crippen LogP contribution in [0, 0.1) is 11.3 Å². The maximum absolute atomic E-state index is 6.00. The highest BCUT2D eigenvalue weighted by Crippen LogP contribution is 2.43. The Morgan fingerprint density at radius 3 is 2.24 bits per heavy atom. The second-order valence-corrected chi connectivity index (χ2v) is 6.53. The smallest absolute Gasteiger partial charge is 0.0304 e. The fourth-order valence-corrected chi connectivity index (χ4v) is 3.08. The Bertz CT molecular complexity index is 215. The van der Waals surface area contributed by atoms with Crippen molar-refractivity contribution in [2.75, 3.05) is 13.1 Å². The predicted octanol–water partition coefficient (Wildman–Crippen LogP) is 3.31. The van der Waals surface area contributed by atoms with E-state index in [1.807, 2.05) is 0 Å². The molecule has 0 aliphatic heterocycles. The Kier molecular flexibility index (Phi) is 5.46. The van der Waals surface area contributed by atoms with E-state index in [1.54, 1.807) is 0 Å². The standard InChI is InChI=1S/C15H32N2/c1-5-11-17-15(12-16)9-7-13(8-10-15)14(3,4)6-2/h13,17H,5-12,16H2,1-4H3. The topological polar surface area (TPSA) is 38.0 Å². The van der Waals surface area contributed by atoms with Crippen LogP contribution in [0.1, 0.15) is 66.2 Å². The summed E-state index contributed by atoms with van der Waals surface area (Å²) in [6.07, 6.45) is 7.69. The minimum absolute atomic E-state index is 0.246. The maximum atomic E-state index is 6.00.